The summed E-state index contributed by atoms with van der Waals surface area (Å²) in [5, 5.41) is 0. The molecule has 0 N–H and O–H groups in total. The Morgan fingerprint density at radius 2 is 1.00 bits per heavy atom. The molecule has 0 rings (SSSR count). The molecule has 0 aliphatic rings. The summed E-state index contributed by atoms with van der Waals surface area (Å²) in [5.41, 5.74) is 0. The van der Waals surface area contributed by atoms with Crippen molar-refractivity contribution >= 4 is 0 Å². The Morgan fingerprint density at radius 3 is 1.00 bits per heavy atom. The summed E-state index contributed by atoms with van der Waals surface area (Å²) in [6.07, 6.45) is 0. The van der Waals surface area contributed by atoms with Crippen molar-refractivity contribution in [3.8, 4) is 0 Å². The molecule has 0 aromatic heterocycles. The average Bonchev–Trinajstić information content (AvgIpc) is 0. The van der Waals surface area contributed by atoms with Crippen molar-refractivity contribution in [1.82, 2.24) is 0 Å². The minimum atomic E-state index is 0. The number of rotatable bonds is 0. The number of hydrogen-bond donors (Lipinski definition) is 0. The molecule has 0 saturated carbocycles. The van der Waals surface area contributed by atoms with Crippen LogP contribution in [-0.2, 0) is 54.3 Å². The predicted molar refractivity (Wildman–Crippen MR) is 0 cm³/mol. The molecule has 1 radical (unpaired) electrons. The molecule has 0 bridgehead atoms. The maximum Gasteiger partial charge on any atom is 0 e. The van der Waals surface area contributed by atoms with Gasteiger partial charge in [0.05, 0.1) is 0 Å². The van der Waals surface area contributed by atoms with E-state index >= 15 is 0 Å². The molecule has 0 amide bonds. The third-order valence-electron chi connectivity index (χ3n) is 0. The van der Waals surface area contributed by atoms with Crippen LogP contribution in [0.2, 0.25) is 0 Å². The monoisotopic (exact) mass is 441 g/mol. The van der Waals surface area contributed by atoms with Crippen LogP contribution in [0.3, 0.4) is 0 Å². The number of hydrogen-bond acceptors (Lipinski definition) is 0. The molecular weight excluding hydrogens is 442 g/mol. The first-order valence-electron chi connectivity index (χ1n) is 0. The van der Waals surface area contributed by atoms with E-state index in [4.69, 9.17) is 0 Å². The van der Waals surface area contributed by atoms with Crippen molar-refractivity contribution in [3.63, 3.8) is 0 Å². The Hall–Kier alpha value is 3.06. The van der Waals surface area contributed by atoms with Gasteiger partial charge in [-0.2, -0.15) is 0 Å². The Labute approximate surface area is 94.0 Å². The molecule has 0 spiro atoms. The van der Waals surface area contributed by atoms with Crippen LogP contribution < -0.4 is 0 Å². The molecule has 0 saturated heterocycles. The molecule has 0 aliphatic carbocycles. The van der Waals surface area contributed by atoms with E-state index in [1.54, 1.807) is 0 Å². The molecule has 0 aromatic rings. The van der Waals surface area contributed by atoms with Crippen LogP contribution in [0.5, 0.6) is 0 Å². The predicted octanol–water partition coefficient (Wildman–Crippen LogP) is -0.00750. The zero-order chi connectivity index (χ0) is 0. The normalized spacial score (nSPS) is 0. The molecule has 0 aromatic carbocycles. The van der Waals surface area contributed by atoms with E-state index < -0.39 is 0 Å². The second kappa shape index (κ2) is 16.6. The van der Waals surface area contributed by atoms with Gasteiger partial charge in [0.2, 0.25) is 0 Å². The van der Waals surface area contributed by atoms with Gasteiger partial charge in [0, 0.05) is 96.1 Å². The summed E-state index contributed by atoms with van der Waals surface area (Å²) < 4.78 is 0. The van der Waals surface area contributed by atoms with E-state index in [-0.39, 0.29) is 96.1 Å². The summed E-state index contributed by atoms with van der Waals surface area (Å²) in [6.45, 7) is 0. The van der Waals surface area contributed by atoms with Crippen molar-refractivity contribution in [2.45, 2.75) is 0 Å². The third kappa shape index (κ3) is 8.91. The van der Waals surface area contributed by atoms with E-state index in [9.17, 15) is 0 Å². The van der Waals surface area contributed by atoms with Crippen molar-refractivity contribution in [2.75, 3.05) is 0 Å². The van der Waals surface area contributed by atoms with Gasteiger partial charge in [-0.05, 0) is 0 Å². The first kappa shape index (κ1) is 27.7. The van der Waals surface area contributed by atoms with Crippen LogP contribution in [-0.4, -0.2) is 0 Å². The van der Waals surface area contributed by atoms with E-state index in [0.29, 0.717) is 0 Å². The molecule has 0 unspecified atom stereocenters. The average molecular weight is 442 g/mol. The molecule has 0 nitrogen and oxygen atoms in total. The van der Waals surface area contributed by atoms with Crippen LogP contribution in [0.4, 0.5) is 0 Å². The molecule has 0 heterocycles. The second-order valence-corrected chi connectivity index (χ2v) is 0. The van der Waals surface area contributed by atoms with Gasteiger partial charge in [-0.15, -0.1) is 0 Å². The van der Waals surface area contributed by atoms with Gasteiger partial charge in [0.1, 0.15) is 0 Å². The zero-order valence-electron chi connectivity index (χ0n) is 1.56. The van der Waals surface area contributed by atoms with Crippen molar-refractivity contribution in [3.05, 3.63) is 0 Å². The smallest absolute Gasteiger partial charge is 0 e. The Morgan fingerprint density at radius 1 is 1.00 bits per heavy atom. The van der Waals surface area contributed by atoms with Gasteiger partial charge < -0.3 is 0 Å². The van der Waals surface area contributed by atoms with E-state index in [1.807, 2.05) is 0 Å². The quantitative estimate of drug-likeness (QED) is 0.464. The standard InChI is InChI=1S/Ce.Co.Ni.W. The Bertz CT molecular complexity index is 8.00. The fourth-order valence-corrected chi connectivity index (χ4v) is 0. The molecule has 0 aliphatic heterocycles. The Kier molecular flexibility index (Phi) is 115. The van der Waals surface area contributed by atoms with Gasteiger partial charge >= 0.3 is 0 Å². The summed E-state index contributed by atoms with van der Waals surface area (Å²) in [6, 6.07) is 0. The first-order chi connectivity index (χ1) is 0. The maximum absolute atomic E-state index is 0. The first-order valence-corrected chi connectivity index (χ1v) is 0. The summed E-state index contributed by atoms with van der Waals surface area (Å²) >= 11 is 0. The maximum atomic E-state index is 0. The summed E-state index contributed by atoms with van der Waals surface area (Å²) in [5.74, 6) is 0. The topological polar surface area (TPSA) is 0 Å². The van der Waals surface area contributed by atoms with Crippen molar-refractivity contribution < 1.29 is 96.1 Å². The van der Waals surface area contributed by atoms with Gasteiger partial charge in [0.25, 0.3) is 0 Å². The fourth-order valence-electron chi connectivity index (χ4n) is 0. The minimum Gasteiger partial charge on any atom is 0 e. The minimum absolute atomic E-state index is 0. The van der Waals surface area contributed by atoms with Crippen LogP contribution in [0, 0.1) is 41.7 Å². The van der Waals surface area contributed by atoms with Crippen LogP contribution in [0.25, 0.3) is 0 Å². The SMILES string of the molecule is [Ce].[Co].[Ni].[W]. The van der Waals surface area contributed by atoms with Gasteiger partial charge in [0.15, 0.2) is 0 Å². The van der Waals surface area contributed by atoms with Gasteiger partial charge in [-0.25, -0.2) is 0 Å². The van der Waals surface area contributed by atoms with Crippen molar-refractivity contribution in [2.24, 2.45) is 0 Å². The molecule has 0 fully saturated rings. The van der Waals surface area contributed by atoms with Crippen LogP contribution in [0.1, 0.15) is 0 Å². The third-order valence-corrected chi connectivity index (χ3v) is 0. The van der Waals surface area contributed by atoms with Crippen LogP contribution >= 0.6 is 0 Å². The summed E-state index contributed by atoms with van der Waals surface area (Å²) in [4.78, 5) is 0. The van der Waals surface area contributed by atoms with Gasteiger partial charge in [-0.3, -0.25) is 0 Å². The molecular formula is CeCoNiW. The molecule has 4 heteroatoms. The van der Waals surface area contributed by atoms with Crippen molar-refractivity contribution in [1.29, 1.82) is 0 Å². The molecule has 0 atom stereocenters. The second-order valence-electron chi connectivity index (χ2n) is 0. The zero-order valence-corrected chi connectivity index (χ0v) is 9.66. The Balaban J connectivity index is 0. The largest absolute Gasteiger partial charge is 0 e. The van der Waals surface area contributed by atoms with E-state index in [0.717, 1.165) is 0 Å². The fraction of sp³-hybridized carbons (Fsp3) is 0. The molecule has 4 heavy (non-hydrogen) atoms. The van der Waals surface area contributed by atoms with E-state index in [2.05, 4.69) is 0 Å². The van der Waals surface area contributed by atoms with Crippen LogP contribution in [0.15, 0.2) is 0 Å². The molecule has 29 valence electrons. The van der Waals surface area contributed by atoms with E-state index in [1.165, 1.54) is 0 Å². The summed E-state index contributed by atoms with van der Waals surface area (Å²) in [7, 11) is 0. The van der Waals surface area contributed by atoms with Gasteiger partial charge in [-0.1, -0.05) is 0 Å².